The molecule has 2 aliphatic rings. The van der Waals surface area contributed by atoms with Crippen molar-refractivity contribution in [1.29, 1.82) is 0 Å². The summed E-state index contributed by atoms with van der Waals surface area (Å²) in [6, 6.07) is 7.05. The van der Waals surface area contributed by atoms with Crippen LogP contribution in [-0.4, -0.2) is 24.0 Å². The Morgan fingerprint density at radius 2 is 1.96 bits per heavy atom. The smallest absolute Gasteiger partial charge is 0.337 e. The molecule has 0 saturated heterocycles. The maximum Gasteiger partial charge on any atom is 0.337 e. The van der Waals surface area contributed by atoms with Crippen LogP contribution < -0.4 is 5.73 Å². The molecule has 4 rings (SSSR count). The summed E-state index contributed by atoms with van der Waals surface area (Å²) in [5.74, 6) is 0.344. The minimum absolute atomic E-state index is 0.115. The van der Waals surface area contributed by atoms with E-state index < -0.39 is 5.97 Å². The number of nitrogens with two attached hydrogens (primary N) is 1. The fourth-order valence-electron chi connectivity index (χ4n) is 4.09. The number of hydrogen-bond acceptors (Lipinski definition) is 6. The van der Waals surface area contributed by atoms with E-state index in [1.165, 1.54) is 7.11 Å². The predicted molar refractivity (Wildman–Crippen MR) is 95.5 cm³/mol. The van der Waals surface area contributed by atoms with Gasteiger partial charge in [0.05, 0.1) is 18.2 Å². The minimum atomic E-state index is -0.399. The molecule has 134 valence electrons. The van der Waals surface area contributed by atoms with Crippen molar-refractivity contribution in [2.24, 2.45) is 5.41 Å². The Hall–Kier alpha value is -2.89. The number of benzene rings is 1. The monoisotopic (exact) mass is 352 g/mol. The summed E-state index contributed by atoms with van der Waals surface area (Å²) in [6.45, 7) is 4.15. The second kappa shape index (κ2) is 5.56. The van der Waals surface area contributed by atoms with Crippen LogP contribution in [0, 0.1) is 5.41 Å². The number of aromatic nitrogens is 1. The molecule has 1 heterocycles. The first-order chi connectivity index (χ1) is 12.3. The largest absolute Gasteiger partial charge is 0.465 e. The van der Waals surface area contributed by atoms with Crippen LogP contribution in [0.3, 0.4) is 0 Å². The molecule has 1 aromatic heterocycles. The van der Waals surface area contributed by atoms with Crippen LogP contribution in [0.15, 0.2) is 34.4 Å². The number of ketones is 1. The number of ether oxygens (including phenoxy) is 1. The second-order valence-electron chi connectivity index (χ2n) is 7.69. The van der Waals surface area contributed by atoms with Gasteiger partial charge >= 0.3 is 5.97 Å². The number of nitrogens with zero attached hydrogens (tertiary/aromatic N) is 1. The number of Topliss-reactive ketones (excluding diaryl/α,β-unsaturated/α-hetero) is 1. The van der Waals surface area contributed by atoms with Crippen LogP contribution >= 0.6 is 0 Å². The van der Waals surface area contributed by atoms with Crippen molar-refractivity contribution in [2.75, 3.05) is 12.8 Å². The van der Waals surface area contributed by atoms with Gasteiger partial charge in [0, 0.05) is 23.5 Å². The average molecular weight is 352 g/mol. The molecule has 1 atom stereocenters. The van der Waals surface area contributed by atoms with E-state index in [4.69, 9.17) is 15.0 Å². The number of carbonyl (C=O) groups is 2. The molecule has 6 heteroatoms. The number of rotatable bonds is 2. The lowest BCUT2D eigenvalue weighted by atomic mass is 9.72. The average Bonchev–Trinajstić information content (AvgIpc) is 3.12. The van der Waals surface area contributed by atoms with Gasteiger partial charge in [0.15, 0.2) is 17.4 Å². The third kappa shape index (κ3) is 2.36. The van der Waals surface area contributed by atoms with Gasteiger partial charge in [-0.1, -0.05) is 31.1 Å². The summed E-state index contributed by atoms with van der Waals surface area (Å²) in [5.41, 5.74) is 9.70. The highest BCUT2D eigenvalue weighted by Crippen LogP contribution is 2.55. The molecule has 26 heavy (non-hydrogen) atoms. The Kier molecular flexibility index (Phi) is 3.54. The van der Waals surface area contributed by atoms with Crippen molar-refractivity contribution >= 4 is 23.1 Å². The number of methoxy groups -OCH3 is 1. The normalized spacial score (nSPS) is 20.7. The van der Waals surface area contributed by atoms with Gasteiger partial charge in [0.1, 0.15) is 0 Å². The minimum Gasteiger partial charge on any atom is -0.465 e. The fraction of sp³-hybridized carbons (Fsp3) is 0.350. The number of allylic oxidation sites excluding steroid dienone is 2. The first-order valence-corrected chi connectivity index (χ1v) is 8.52. The topological polar surface area (TPSA) is 95.4 Å². The van der Waals surface area contributed by atoms with Crippen molar-refractivity contribution in [3.63, 3.8) is 0 Å². The lowest BCUT2D eigenvalue weighted by Crippen LogP contribution is -2.25. The first-order valence-electron chi connectivity index (χ1n) is 8.52. The molecule has 0 bridgehead atoms. The number of anilines is 1. The van der Waals surface area contributed by atoms with E-state index in [2.05, 4.69) is 19.0 Å². The number of carbonyl (C=O) groups excluding carboxylic acids is 2. The number of fused-ring (bicyclic) bond motifs is 2. The molecule has 0 amide bonds. The van der Waals surface area contributed by atoms with E-state index in [0.29, 0.717) is 23.6 Å². The van der Waals surface area contributed by atoms with Crippen LogP contribution in [0.5, 0.6) is 0 Å². The first kappa shape index (κ1) is 16.6. The molecule has 0 unspecified atom stereocenters. The summed E-state index contributed by atoms with van der Waals surface area (Å²) in [5, 5.41) is 3.92. The van der Waals surface area contributed by atoms with Gasteiger partial charge in [-0.05, 0) is 29.5 Å². The standard InChI is InChI=1S/C20H20N2O4/c1-20(2)8-12-15(13(23)9-20)14(16-17(12)26-22-18(16)21)10-4-6-11(7-5-10)19(24)25-3/h4-7,14H,8-9H2,1-3H3,(H2,21,22)/t14-/m1/s1. The van der Waals surface area contributed by atoms with Crippen LogP contribution in [-0.2, 0) is 9.53 Å². The molecule has 2 N–H and O–H groups in total. The third-order valence-corrected chi connectivity index (χ3v) is 5.19. The van der Waals surface area contributed by atoms with Crippen LogP contribution in [0.2, 0.25) is 0 Å². The SMILES string of the molecule is COC(=O)c1ccc([C@@H]2C3=C(CC(C)(C)CC3=O)c3onc(N)c32)cc1. The predicted octanol–water partition coefficient (Wildman–Crippen LogP) is 3.33. The van der Waals surface area contributed by atoms with E-state index in [1.807, 2.05) is 12.1 Å². The van der Waals surface area contributed by atoms with Gasteiger partial charge < -0.3 is 15.0 Å². The van der Waals surface area contributed by atoms with Crippen molar-refractivity contribution in [1.82, 2.24) is 5.16 Å². The summed E-state index contributed by atoms with van der Waals surface area (Å²) in [6.07, 6.45) is 1.23. The van der Waals surface area contributed by atoms with Crippen LogP contribution in [0.4, 0.5) is 5.82 Å². The number of esters is 1. The van der Waals surface area contributed by atoms with Gasteiger partial charge in [-0.15, -0.1) is 0 Å². The van der Waals surface area contributed by atoms with Gasteiger partial charge in [-0.2, -0.15) is 0 Å². The molecule has 0 radical (unpaired) electrons. The van der Waals surface area contributed by atoms with E-state index in [0.717, 1.165) is 28.7 Å². The molecule has 0 aliphatic heterocycles. The highest BCUT2D eigenvalue weighted by molar-refractivity contribution is 6.09. The highest BCUT2D eigenvalue weighted by atomic mass is 16.5. The molecule has 6 nitrogen and oxygen atoms in total. The van der Waals surface area contributed by atoms with E-state index in [1.54, 1.807) is 12.1 Å². The summed E-state index contributed by atoms with van der Waals surface area (Å²) < 4.78 is 10.2. The van der Waals surface area contributed by atoms with Gasteiger partial charge in [0.2, 0.25) is 0 Å². The molecule has 0 spiro atoms. The van der Waals surface area contributed by atoms with Gasteiger partial charge in [-0.3, -0.25) is 4.79 Å². The zero-order valence-corrected chi connectivity index (χ0v) is 15.0. The fourth-order valence-corrected chi connectivity index (χ4v) is 4.09. The Morgan fingerprint density at radius 3 is 2.62 bits per heavy atom. The quantitative estimate of drug-likeness (QED) is 0.833. The lowest BCUT2D eigenvalue weighted by molar-refractivity contribution is -0.117. The lowest BCUT2D eigenvalue weighted by Gasteiger charge is -2.30. The van der Waals surface area contributed by atoms with Crippen LogP contribution in [0.1, 0.15) is 59.9 Å². The van der Waals surface area contributed by atoms with E-state index >= 15 is 0 Å². The number of nitrogen functional groups attached to an aromatic ring is 1. The summed E-state index contributed by atoms with van der Waals surface area (Å²) in [7, 11) is 1.34. The highest BCUT2D eigenvalue weighted by Gasteiger charge is 2.46. The van der Waals surface area contributed by atoms with E-state index in [9.17, 15) is 9.59 Å². The Morgan fingerprint density at radius 1 is 1.27 bits per heavy atom. The molecule has 0 saturated carbocycles. The summed E-state index contributed by atoms with van der Waals surface area (Å²) >= 11 is 0. The maximum absolute atomic E-state index is 12.9. The third-order valence-electron chi connectivity index (χ3n) is 5.19. The van der Waals surface area contributed by atoms with Gasteiger partial charge in [0.25, 0.3) is 0 Å². The number of hydrogen-bond donors (Lipinski definition) is 1. The Labute approximate surface area is 151 Å². The Balaban J connectivity index is 1.85. The Bertz CT molecular complexity index is 951. The molecule has 2 aromatic rings. The maximum atomic E-state index is 12.9. The van der Waals surface area contributed by atoms with Crippen molar-refractivity contribution in [2.45, 2.75) is 32.6 Å². The van der Waals surface area contributed by atoms with Crippen molar-refractivity contribution in [3.8, 4) is 0 Å². The molecular weight excluding hydrogens is 332 g/mol. The molecule has 2 aliphatic carbocycles. The van der Waals surface area contributed by atoms with Gasteiger partial charge in [-0.25, -0.2) is 4.79 Å². The molecular formula is C20H20N2O4. The second-order valence-corrected chi connectivity index (χ2v) is 7.69. The molecule has 1 aromatic carbocycles. The van der Waals surface area contributed by atoms with Crippen molar-refractivity contribution < 1.29 is 18.8 Å². The van der Waals surface area contributed by atoms with Crippen LogP contribution in [0.25, 0.3) is 5.57 Å². The zero-order valence-electron chi connectivity index (χ0n) is 15.0. The van der Waals surface area contributed by atoms with Crippen molar-refractivity contribution in [3.05, 3.63) is 52.3 Å². The molecule has 0 fully saturated rings. The summed E-state index contributed by atoms with van der Waals surface area (Å²) in [4.78, 5) is 24.6. The van der Waals surface area contributed by atoms with E-state index in [-0.39, 0.29) is 17.1 Å². The zero-order chi connectivity index (χ0) is 18.6.